The lowest BCUT2D eigenvalue weighted by atomic mass is 10.1. The summed E-state index contributed by atoms with van der Waals surface area (Å²) in [4.78, 5) is 12.3. The number of hydrogen-bond acceptors (Lipinski definition) is 3. The summed E-state index contributed by atoms with van der Waals surface area (Å²) < 4.78 is 5.90. The Morgan fingerprint density at radius 1 is 1.08 bits per heavy atom. The Balaban J connectivity index is 1.79. The van der Waals surface area contributed by atoms with Crippen LogP contribution in [0.5, 0.6) is 5.75 Å². The van der Waals surface area contributed by atoms with Gasteiger partial charge in [-0.1, -0.05) is 35.9 Å². The summed E-state index contributed by atoms with van der Waals surface area (Å²) in [6.07, 6.45) is 0. The normalized spacial score (nSPS) is 11.9. The fourth-order valence-corrected chi connectivity index (χ4v) is 3.40. The summed E-state index contributed by atoms with van der Waals surface area (Å²) in [7, 11) is 0. The minimum Gasteiger partial charge on any atom is -0.492 e. The van der Waals surface area contributed by atoms with Crippen LogP contribution in [0.4, 0.5) is 5.69 Å². The molecule has 0 aliphatic carbocycles. The molecule has 0 heterocycles. The number of ether oxygens (including phenoxy) is 1. The minimum absolute atomic E-state index is 0.0315. The average Bonchev–Trinajstić information content (AvgIpc) is 2.56. The monoisotopic (exact) mass is 357 g/mol. The van der Waals surface area contributed by atoms with E-state index in [1.807, 2.05) is 39.0 Å². The van der Waals surface area contributed by atoms with Crippen LogP contribution in [0.3, 0.4) is 0 Å². The van der Waals surface area contributed by atoms with Crippen molar-refractivity contribution in [3.05, 3.63) is 58.7 Å². The largest absolute Gasteiger partial charge is 0.492 e. The van der Waals surface area contributed by atoms with E-state index in [1.54, 1.807) is 11.8 Å². The minimum atomic E-state index is -0.123. The van der Waals surface area contributed by atoms with E-state index < -0.39 is 0 Å². The van der Waals surface area contributed by atoms with Crippen LogP contribution in [-0.4, -0.2) is 23.5 Å². The van der Waals surface area contributed by atoms with Crippen LogP contribution >= 0.6 is 11.8 Å². The second-order valence-corrected chi connectivity index (χ2v) is 7.84. The molecule has 0 saturated carbocycles. The lowest BCUT2D eigenvalue weighted by Crippen LogP contribution is -2.23. The van der Waals surface area contributed by atoms with Gasteiger partial charge in [0.05, 0.1) is 11.9 Å². The average molecular weight is 358 g/mol. The molecule has 2 aromatic rings. The predicted molar refractivity (Wildman–Crippen MR) is 108 cm³/mol. The maximum absolute atomic E-state index is 12.3. The number of thioether (sulfide) groups is 1. The maximum Gasteiger partial charge on any atom is 0.237 e. The number of nitrogens with one attached hydrogen (secondary N) is 1. The molecule has 0 aliphatic heterocycles. The Hall–Kier alpha value is -1.94. The van der Waals surface area contributed by atoms with E-state index in [1.165, 1.54) is 5.56 Å². The SMILES string of the molecule is Cc1ccc(NC(=O)C(C)SCCOc2c(C)cccc2C)c(C)c1. The molecule has 1 N–H and O–H groups in total. The van der Waals surface area contributed by atoms with E-state index in [-0.39, 0.29) is 11.2 Å². The zero-order chi connectivity index (χ0) is 18.4. The number of carbonyl (C=O) groups is 1. The fourth-order valence-electron chi connectivity index (χ4n) is 2.66. The number of benzene rings is 2. The summed E-state index contributed by atoms with van der Waals surface area (Å²) >= 11 is 1.61. The maximum atomic E-state index is 12.3. The Kier molecular flexibility index (Phi) is 6.94. The highest BCUT2D eigenvalue weighted by Crippen LogP contribution is 2.23. The van der Waals surface area contributed by atoms with Gasteiger partial charge in [-0.3, -0.25) is 4.79 Å². The van der Waals surface area contributed by atoms with E-state index in [4.69, 9.17) is 4.74 Å². The van der Waals surface area contributed by atoms with Crippen molar-refractivity contribution in [2.45, 2.75) is 39.9 Å². The fraction of sp³-hybridized carbons (Fsp3) is 0.381. The third kappa shape index (κ3) is 5.53. The number of carbonyl (C=O) groups excluding carboxylic acids is 1. The molecule has 2 rings (SSSR count). The second kappa shape index (κ2) is 8.95. The van der Waals surface area contributed by atoms with Crippen molar-refractivity contribution in [3.63, 3.8) is 0 Å². The number of anilines is 1. The zero-order valence-electron chi connectivity index (χ0n) is 15.7. The summed E-state index contributed by atoms with van der Waals surface area (Å²) in [5, 5.41) is 2.89. The van der Waals surface area contributed by atoms with Gasteiger partial charge in [0, 0.05) is 11.4 Å². The van der Waals surface area contributed by atoms with E-state index in [9.17, 15) is 4.79 Å². The van der Waals surface area contributed by atoms with Gasteiger partial charge in [0.25, 0.3) is 0 Å². The standard InChI is InChI=1S/C21H27NO2S/c1-14-9-10-19(17(4)13-14)22-21(23)18(5)25-12-11-24-20-15(2)7-6-8-16(20)3/h6-10,13,18H,11-12H2,1-5H3,(H,22,23). The lowest BCUT2D eigenvalue weighted by Gasteiger charge is -2.15. The zero-order valence-corrected chi connectivity index (χ0v) is 16.5. The molecule has 0 aromatic heterocycles. The Morgan fingerprint density at radius 3 is 2.40 bits per heavy atom. The van der Waals surface area contributed by atoms with Crippen LogP contribution in [0.15, 0.2) is 36.4 Å². The molecule has 1 atom stereocenters. The quantitative estimate of drug-likeness (QED) is 0.704. The van der Waals surface area contributed by atoms with Crippen molar-refractivity contribution in [2.24, 2.45) is 0 Å². The van der Waals surface area contributed by atoms with Gasteiger partial charge >= 0.3 is 0 Å². The molecular weight excluding hydrogens is 330 g/mol. The molecule has 1 amide bonds. The number of amides is 1. The topological polar surface area (TPSA) is 38.3 Å². The Bertz CT molecular complexity index is 722. The van der Waals surface area contributed by atoms with Crippen LogP contribution < -0.4 is 10.1 Å². The van der Waals surface area contributed by atoms with Crippen LogP contribution in [0.25, 0.3) is 0 Å². The van der Waals surface area contributed by atoms with E-state index in [0.717, 1.165) is 33.9 Å². The highest BCUT2D eigenvalue weighted by Gasteiger charge is 2.14. The van der Waals surface area contributed by atoms with Crippen LogP contribution in [-0.2, 0) is 4.79 Å². The molecule has 25 heavy (non-hydrogen) atoms. The van der Waals surface area contributed by atoms with Gasteiger partial charge in [0.2, 0.25) is 5.91 Å². The van der Waals surface area contributed by atoms with Gasteiger partial charge in [0.1, 0.15) is 5.75 Å². The van der Waals surface area contributed by atoms with Gasteiger partial charge in [-0.25, -0.2) is 0 Å². The van der Waals surface area contributed by atoms with Gasteiger partial charge in [-0.2, -0.15) is 0 Å². The van der Waals surface area contributed by atoms with Gasteiger partial charge < -0.3 is 10.1 Å². The molecule has 0 bridgehead atoms. The van der Waals surface area contributed by atoms with Gasteiger partial charge in [-0.05, 0) is 57.4 Å². The van der Waals surface area contributed by atoms with Crippen LogP contribution in [0.1, 0.15) is 29.2 Å². The van der Waals surface area contributed by atoms with E-state index in [0.29, 0.717) is 6.61 Å². The van der Waals surface area contributed by atoms with E-state index >= 15 is 0 Å². The third-order valence-corrected chi connectivity index (χ3v) is 5.23. The van der Waals surface area contributed by atoms with Crippen molar-refractivity contribution < 1.29 is 9.53 Å². The lowest BCUT2D eigenvalue weighted by molar-refractivity contribution is -0.115. The van der Waals surface area contributed by atoms with Crippen molar-refractivity contribution in [1.29, 1.82) is 0 Å². The van der Waals surface area contributed by atoms with Crippen LogP contribution in [0, 0.1) is 27.7 Å². The molecule has 0 radical (unpaired) electrons. The third-order valence-electron chi connectivity index (χ3n) is 4.12. The van der Waals surface area contributed by atoms with Gasteiger partial charge in [-0.15, -0.1) is 11.8 Å². The summed E-state index contributed by atoms with van der Waals surface area (Å²) in [6.45, 7) is 10.7. The first-order chi connectivity index (χ1) is 11.9. The highest BCUT2D eigenvalue weighted by molar-refractivity contribution is 8.00. The van der Waals surface area contributed by atoms with Crippen molar-refractivity contribution in [1.82, 2.24) is 0 Å². The Morgan fingerprint density at radius 2 is 1.76 bits per heavy atom. The molecule has 0 spiro atoms. The number of rotatable bonds is 7. The molecular formula is C21H27NO2S. The number of aryl methyl sites for hydroxylation is 4. The molecule has 134 valence electrons. The van der Waals surface area contributed by atoms with Crippen molar-refractivity contribution in [3.8, 4) is 5.75 Å². The summed E-state index contributed by atoms with van der Waals surface area (Å²) in [6, 6.07) is 12.2. The summed E-state index contributed by atoms with van der Waals surface area (Å²) in [5.41, 5.74) is 5.46. The molecule has 2 aromatic carbocycles. The molecule has 1 unspecified atom stereocenters. The predicted octanol–water partition coefficient (Wildman–Crippen LogP) is 5.06. The molecule has 4 heteroatoms. The summed E-state index contributed by atoms with van der Waals surface area (Å²) in [5.74, 6) is 1.76. The number of hydrogen-bond donors (Lipinski definition) is 1. The molecule has 3 nitrogen and oxygen atoms in total. The highest BCUT2D eigenvalue weighted by atomic mass is 32.2. The number of para-hydroxylation sites is 1. The smallest absolute Gasteiger partial charge is 0.237 e. The molecule has 0 fully saturated rings. The first-order valence-corrected chi connectivity index (χ1v) is 9.62. The van der Waals surface area contributed by atoms with Crippen molar-refractivity contribution in [2.75, 3.05) is 17.7 Å². The first-order valence-electron chi connectivity index (χ1n) is 8.57. The van der Waals surface area contributed by atoms with Gasteiger partial charge in [0.15, 0.2) is 0 Å². The molecule has 0 aliphatic rings. The van der Waals surface area contributed by atoms with E-state index in [2.05, 4.69) is 37.4 Å². The van der Waals surface area contributed by atoms with Crippen molar-refractivity contribution >= 4 is 23.4 Å². The second-order valence-electron chi connectivity index (χ2n) is 6.39. The first kappa shape index (κ1) is 19.4. The Labute approximate surface area is 155 Å². The molecule has 0 saturated heterocycles. The van der Waals surface area contributed by atoms with Crippen LogP contribution in [0.2, 0.25) is 0 Å².